The summed E-state index contributed by atoms with van der Waals surface area (Å²) < 4.78 is 0.846. The van der Waals surface area contributed by atoms with Crippen molar-refractivity contribution < 1.29 is 4.84 Å². The van der Waals surface area contributed by atoms with Crippen molar-refractivity contribution in [2.75, 3.05) is 27.7 Å². The molecule has 0 bridgehead atoms. The molecular weight excluding hydrogens is 188 g/mol. The molecule has 84 valence electrons. The third-order valence-electron chi connectivity index (χ3n) is 2.23. The third-order valence-corrected chi connectivity index (χ3v) is 2.23. The van der Waals surface area contributed by atoms with E-state index in [2.05, 4.69) is 50.9 Å². The van der Waals surface area contributed by atoms with Gasteiger partial charge < -0.3 is 4.84 Å². The second kappa shape index (κ2) is 5.26. The molecule has 0 atom stereocenters. The van der Waals surface area contributed by atoms with Gasteiger partial charge in [0.05, 0.1) is 27.7 Å². The molecule has 0 aliphatic carbocycles. The first-order chi connectivity index (χ1) is 7.04. The average molecular weight is 209 g/mol. The fourth-order valence-corrected chi connectivity index (χ4v) is 1.30. The molecule has 0 aliphatic heterocycles. The molecule has 3 nitrogen and oxygen atoms in total. The lowest BCUT2D eigenvalue weighted by molar-refractivity contribution is 0.0463. The van der Waals surface area contributed by atoms with Gasteiger partial charge in [0.1, 0.15) is 5.69 Å². The molecule has 3 heteroatoms. The minimum atomic E-state index is 0.691. The normalized spacial score (nSPS) is 11.7. The largest absolute Gasteiger partial charge is 0.302 e. The number of quaternary nitrogens is 1. The van der Waals surface area contributed by atoms with Gasteiger partial charge >= 0.3 is 0 Å². The summed E-state index contributed by atoms with van der Waals surface area (Å²) in [5.41, 5.74) is 5.44. The molecule has 0 saturated heterocycles. The summed E-state index contributed by atoms with van der Waals surface area (Å²) in [5, 5.41) is 0. The van der Waals surface area contributed by atoms with Crippen LogP contribution in [0.2, 0.25) is 0 Å². The van der Waals surface area contributed by atoms with E-state index in [0.29, 0.717) is 6.61 Å². The van der Waals surface area contributed by atoms with Crippen LogP contribution in [0, 0.1) is 0 Å². The summed E-state index contributed by atoms with van der Waals surface area (Å²) in [7, 11) is 6.48. The predicted molar refractivity (Wildman–Crippen MR) is 64.5 cm³/mol. The first kappa shape index (κ1) is 12.2. The molecule has 0 saturated carbocycles. The van der Waals surface area contributed by atoms with Crippen LogP contribution in [0.3, 0.4) is 0 Å². The van der Waals surface area contributed by atoms with Gasteiger partial charge in [0.25, 0.3) is 0 Å². The Balaban J connectivity index is 2.57. The predicted octanol–water partition coefficient (Wildman–Crippen LogP) is 1.92. The zero-order valence-corrected chi connectivity index (χ0v) is 10.1. The van der Waals surface area contributed by atoms with Crippen LogP contribution in [0.5, 0.6) is 0 Å². The smallest absolute Gasteiger partial charge is 0.132 e. The first-order valence-corrected chi connectivity index (χ1v) is 5.29. The van der Waals surface area contributed by atoms with E-state index in [4.69, 9.17) is 4.84 Å². The van der Waals surface area contributed by atoms with E-state index in [1.807, 2.05) is 6.92 Å². The number of hydroxylamine groups is 1. The van der Waals surface area contributed by atoms with Crippen LogP contribution in [-0.4, -0.2) is 27.7 Å². The van der Waals surface area contributed by atoms with Crippen molar-refractivity contribution in [3.8, 4) is 0 Å². The average Bonchev–Trinajstić information content (AvgIpc) is 2.18. The molecule has 1 N–H and O–H groups in total. The maximum atomic E-state index is 5.08. The van der Waals surface area contributed by atoms with Gasteiger partial charge in [-0.15, -0.1) is 0 Å². The number of hydrogen-bond donors (Lipinski definition) is 1. The molecule has 0 radical (unpaired) electrons. The van der Waals surface area contributed by atoms with Gasteiger partial charge in [-0.1, -0.05) is 12.1 Å². The van der Waals surface area contributed by atoms with E-state index < -0.39 is 0 Å². The summed E-state index contributed by atoms with van der Waals surface area (Å²) in [6.07, 6.45) is 0. The van der Waals surface area contributed by atoms with Gasteiger partial charge in [-0.05, 0) is 24.6 Å². The minimum absolute atomic E-state index is 0.691. The molecule has 0 amide bonds. The quantitative estimate of drug-likeness (QED) is 0.454. The summed E-state index contributed by atoms with van der Waals surface area (Å²) >= 11 is 0. The van der Waals surface area contributed by atoms with Crippen molar-refractivity contribution in [3.05, 3.63) is 29.8 Å². The maximum Gasteiger partial charge on any atom is 0.132 e. The highest BCUT2D eigenvalue weighted by atomic mass is 16.6. The highest BCUT2D eigenvalue weighted by molar-refractivity contribution is 5.42. The second-order valence-electron chi connectivity index (χ2n) is 4.43. The van der Waals surface area contributed by atoms with Gasteiger partial charge in [0, 0.05) is 6.54 Å². The lowest BCUT2D eigenvalue weighted by atomic mass is 10.2. The Morgan fingerprint density at radius 1 is 1.13 bits per heavy atom. The molecule has 0 heterocycles. The van der Waals surface area contributed by atoms with Gasteiger partial charge in [-0.3, -0.25) is 4.48 Å². The Morgan fingerprint density at radius 3 is 2.20 bits per heavy atom. The van der Waals surface area contributed by atoms with Crippen molar-refractivity contribution in [2.45, 2.75) is 13.5 Å². The highest BCUT2D eigenvalue weighted by Gasteiger charge is 2.10. The standard InChI is InChI=1S/C12H21N2O/c1-5-15-13-10-11-6-8-12(9-7-11)14(2,3)4/h6-9,13H,5,10H2,1-4H3/q+1. The summed E-state index contributed by atoms with van der Waals surface area (Å²) in [5.74, 6) is 0. The van der Waals surface area contributed by atoms with Gasteiger partial charge in [-0.25, -0.2) is 0 Å². The van der Waals surface area contributed by atoms with Gasteiger partial charge in [-0.2, -0.15) is 5.48 Å². The number of hydrogen-bond acceptors (Lipinski definition) is 2. The number of rotatable bonds is 5. The van der Waals surface area contributed by atoms with Crippen LogP contribution >= 0.6 is 0 Å². The van der Waals surface area contributed by atoms with E-state index in [0.717, 1.165) is 11.0 Å². The molecule has 0 aromatic heterocycles. The lowest BCUT2D eigenvalue weighted by Crippen LogP contribution is -2.34. The molecule has 0 spiro atoms. The van der Waals surface area contributed by atoms with Crippen LogP contribution in [0.4, 0.5) is 5.69 Å². The van der Waals surface area contributed by atoms with Crippen molar-refractivity contribution >= 4 is 5.69 Å². The van der Waals surface area contributed by atoms with Gasteiger partial charge in [0.2, 0.25) is 0 Å². The molecule has 15 heavy (non-hydrogen) atoms. The zero-order valence-electron chi connectivity index (χ0n) is 10.1. The number of benzene rings is 1. The highest BCUT2D eigenvalue weighted by Crippen LogP contribution is 2.16. The maximum absolute atomic E-state index is 5.08. The molecular formula is C12H21N2O+. The van der Waals surface area contributed by atoms with Crippen molar-refractivity contribution in [1.82, 2.24) is 9.96 Å². The third kappa shape index (κ3) is 4.00. The minimum Gasteiger partial charge on any atom is -0.302 e. The summed E-state index contributed by atoms with van der Waals surface area (Å²) in [6.45, 7) is 3.41. The molecule has 0 fully saturated rings. The topological polar surface area (TPSA) is 21.3 Å². The Labute approximate surface area is 92.2 Å². The van der Waals surface area contributed by atoms with Crippen LogP contribution in [0.1, 0.15) is 12.5 Å². The van der Waals surface area contributed by atoms with E-state index in [1.54, 1.807) is 0 Å². The van der Waals surface area contributed by atoms with E-state index in [9.17, 15) is 0 Å². The van der Waals surface area contributed by atoms with Crippen LogP contribution in [0.15, 0.2) is 24.3 Å². The van der Waals surface area contributed by atoms with E-state index in [1.165, 1.54) is 11.3 Å². The van der Waals surface area contributed by atoms with E-state index in [-0.39, 0.29) is 0 Å². The molecule has 1 aromatic carbocycles. The van der Waals surface area contributed by atoms with Crippen LogP contribution < -0.4 is 9.96 Å². The Kier molecular flexibility index (Phi) is 4.27. The van der Waals surface area contributed by atoms with Crippen LogP contribution in [0.25, 0.3) is 0 Å². The fourth-order valence-electron chi connectivity index (χ4n) is 1.30. The zero-order chi connectivity index (χ0) is 11.3. The molecule has 0 aliphatic rings. The first-order valence-electron chi connectivity index (χ1n) is 5.29. The Hall–Kier alpha value is -0.900. The van der Waals surface area contributed by atoms with Gasteiger partial charge in [0.15, 0.2) is 0 Å². The second-order valence-corrected chi connectivity index (χ2v) is 4.43. The lowest BCUT2D eigenvalue weighted by Gasteiger charge is -2.23. The van der Waals surface area contributed by atoms with Crippen LogP contribution in [-0.2, 0) is 11.4 Å². The van der Waals surface area contributed by atoms with Crippen molar-refractivity contribution in [1.29, 1.82) is 0 Å². The monoisotopic (exact) mass is 209 g/mol. The van der Waals surface area contributed by atoms with Crippen molar-refractivity contribution in [3.63, 3.8) is 0 Å². The Morgan fingerprint density at radius 2 is 1.73 bits per heavy atom. The molecule has 1 rings (SSSR count). The van der Waals surface area contributed by atoms with E-state index >= 15 is 0 Å². The summed E-state index contributed by atoms with van der Waals surface area (Å²) in [6, 6.07) is 8.57. The SMILES string of the molecule is CCONCc1ccc([N+](C)(C)C)cc1. The molecule has 0 unspecified atom stereocenters. The summed E-state index contributed by atoms with van der Waals surface area (Å²) in [4.78, 5) is 5.08. The molecule has 1 aromatic rings. The number of nitrogens with one attached hydrogen (secondary N) is 1. The number of nitrogens with zero attached hydrogens (tertiary/aromatic N) is 1. The van der Waals surface area contributed by atoms with Crippen molar-refractivity contribution in [2.24, 2.45) is 0 Å². The Bertz CT molecular complexity index is 287. The fraction of sp³-hybridized carbons (Fsp3) is 0.500.